The van der Waals surface area contributed by atoms with Crippen LogP contribution in [0.3, 0.4) is 0 Å². The van der Waals surface area contributed by atoms with Crippen LogP contribution in [0.25, 0.3) is 5.78 Å². The molecule has 0 spiro atoms. The normalized spacial score (nSPS) is 13.3. The molecule has 0 radical (unpaired) electrons. The van der Waals surface area contributed by atoms with Gasteiger partial charge in [-0.1, -0.05) is 17.8 Å². The highest BCUT2D eigenvalue weighted by Crippen LogP contribution is 2.24. The van der Waals surface area contributed by atoms with Crippen molar-refractivity contribution in [3.8, 4) is 0 Å². The van der Waals surface area contributed by atoms with Crippen LogP contribution < -0.4 is 16.0 Å². The third-order valence-electron chi connectivity index (χ3n) is 5.48. The minimum absolute atomic E-state index is 0.0169. The first kappa shape index (κ1) is 23.7. The summed E-state index contributed by atoms with van der Waals surface area (Å²) in [6, 6.07) is 5.42. The van der Waals surface area contributed by atoms with Gasteiger partial charge in [-0.2, -0.15) is 9.97 Å². The van der Waals surface area contributed by atoms with Crippen LogP contribution in [0.5, 0.6) is 0 Å². The Morgan fingerprint density at radius 3 is 2.56 bits per heavy atom. The molecule has 4 rings (SSSR count). The molecule has 0 bridgehead atoms. The van der Waals surface area contributed by atoms with Crippen molar-refractivity contribution in [2.75, 3.05) is 47.9 Å². The van der Waals surface area contributed by atoms with Gasteiger partial charge in [0.1, 0.15) is 0 Å². The zero-order valence-corrected chi connectivity index (χ0v) is 20.4. The second-order valence-electron chi connectivity index (χ2n) is 7.86. The summed E-state index contributed by atoms with van der Waals surface area (Å²) in [5.41, 5.74) is 2.03. The van der Waals surface area contributed by atoms with Gasteiger partial charge >= 0.3 is 0 Å². The van der Waals surface area contributed by atoms with E-state index >= 15 is 0 Å². The molecule has 0 saturated carbocycles. The number of hydrogen-bond donors (Lipinski definition) is 3. The summed E-state index contributed by atoms with van der Waals surface area (Å²) in [5.74, 6) is 1.35. The number of nitrogens with one attached hydrogen (secondary N) is 3. The van der Waals surface area contributed by atoms with E-state index < -0.39 is 0 Å². The number of anilines is 3. The zero-order valence-electron chi connectivity index (χ0n) is 19.6. The van der Waals surface area contributed by atoms with Crippen molar-refractivity contribution in [2.24, 2.45) is 0 Å². The number of rotatable bonds is 9. The number of aromatic nitrogens is 5. The van der Waals surface area contributed by atoms with E-state index in [-0.39, 0.29) is 17.6 Å². The Kier molecular flexibility index (Phi) is 7.46. The number of amides is 2. The number of hydrogen-bond acceptors (Lipinski definition) is 9. The molecule has 1 saturated heterocycles. The Morgan fingerprint density at radius 2 is 1.82 bits per heavy atom. The number of carbonyl (C=O) groups is 2. The van der Waals surface area contributed by atoms with Gasteiger partial charge in [0.15, 0.2) is 5.16 Å². The van der Waals surface area contributed by atoms with Crippen molar-refractivity contribution in [1.82, 2.24) is 29.5 Å². The highest BCUT2D eigenvalue weighted by molar-refractivity contribution is 7.99. The van der Waals surface area contributed by atoms with Crippen LogP contribution in [0.2, 0.25) is 0 Å². The van der Waals surface area contributed by atoms with E-state index in [9.17, 15) is 9.59 Å². The maximum atomic E-state index is 12.8. The monoisotopic (exact) mass is 483 g/mol. The molecule has 1 fully saturated rings. The molecule has 1 aromatic carbocycles. The number of fused-ring (bicyclic) bond motifs is 1. The third-order valence-corrected chi connectivity index (χ3v) is 6.41. The minimum atomic E-state index is -0.203. The van der Waals surface area contributed by atoms with Crippen molar-refractivity contribution in [1.29, 1.82) is 0 Å². The molecule has 180 valence electrons. The van der Waals surface area contributed by atoms with E-state index in [1.807, 2.05) is 37.8 Å². The number of carbonyl (C=O) groups excluding carboxylic acids is 2. The Labute approximate surface area is 202 Å². The van der Waals surface area contributed by atoms with Gasteiger partial charge in [-0.3, -0.25) is 9.59 Å². The van der Waals surface area contributed by atoms with E-state index in [0.29, 0.717) is 47.2 Å². The first-order valence-electron chi connectivity index (χ1n) is 11.4. The summed E-state index contributed by atoms with van der Waals surface area (Å²) >= 11 is 1.24. The molecule has 2 aromatic heterocycles. The second kappa shape index (κ2) is 10.7. The Hall–Kier alpha value is -3.41. The summed E-state index contributed by atoms with van der Waals surface area (Å²) in [6.45, 7) is 8.70. The smallest absolute Gasteiger partial charge is 0.261 e. The van der Waals surface area contributed by atoms with Gasteiger partial charge in [0.2, 0.25) is 17.8 Å². The van der Waals surface area contributed by atoms with Gasteiger partial charge in [-0.25, -0.2) is 4.40 Å². The van der Waals surface area contributed by atoms with Gasteiger partial charge in [-0.05, 0) is 51.3 Å². The Balaban J connectivity index is 1.46. The summed E-state index contributed by atoms with van der Waals surface area (Å²) in [5, 5.41) is 18.0. The van der Waals surface area contributed by atoms with Gasteiger partial charge in [0, 0.05) is 37.4 Å². The highest BCUT2D eigenvalue weighted by atomic mass is 32.2. The van der Waals surface area contributed by atoms with Crippen molar-refractivity contribution in [3.63, 3.8) is 0 Å². The average molecular weight is 484 g/mol. The van der Waals surface area contributed by atoms with E-state index in [2.05, 4.69) is 36.1 Å². The first-order valence-corrected chi connectivity index (χ1v) is 12.4. The lowest BCUT2D eigenvalue weighted by Gasteiger charge is -2.18. The summed E-state index contributed by atoms with van der Waals surface area (Å²) in [4.78, 5) is 36.3. The molecule has 1 aliphatic rings. The molecule has 2 amide bonds. The lowest BCUT2D eigenvalue weighted by atomic mass is 10.1. The molecule has 3 heterocycles. The highest BCUT2D eigenvalue weighted by Gasteiger charge is 2.22. The zero-order chi connectivity index (χ0) is 24.1. The molecular weight excluding hydrogens is 454 g/mol. The van der Waals surface area contributed by atoms with E-state index in [4.69, 9.17) is 0 Å². The summed E-state index contributed by atoms with van der Waals surface area (Å²) in [7, 11) is 0. The number of thioether (sulfide) groups is 1. The first-order chi connectivity index (χ1) is 16.5. The van der Waals surface area contributed by atoms with Crippen molar-refractivity contribution in [3.05, 3.63) is 29.3 Å². The molecule has 0 unspecified atom stereocenters. The molecule has 12 heteroatoms. The van der Waals surface area contributed by atoms with Gasteiger partial charge < -0.3 is 20.9 Å². The molecule has 1 aliphatic heterocycles. The minimum Gasteiger partial charge on any atom is -0.355 e. The maximum absolute atomic E-state index is 12.8. The van der Waals surface area contributed by atoms with Crippen LogP contribution in [-0.2, 0) is 4.79 Å². The van der Waals surface area contributed by atoms with E-state index in [1.54, 1.807) is 10.5 Å². The second-order valence-corrected chi connectivity index (χ2v) is 8.81. The molecular formula is C22H29N9O2S. The van der Waals surface area contributed by atoms with Gasteiger partial charge in [-0.15, -0.1) is 10.2 Å². The van der Waals surface area contributed by atoms with Crippen LogP contribution in [0.4, 0.5) is 17.6 Å². The number of benzene rings is 1. The molecule has 11 nitrogen and oxygen atoms in total. The molecule has 3 aromatic rings. The largest absolute Gasteiger partial charge is 0.355 e. The number of likely N-dealkylation sites (tertiary alicyclic amines) is 1. The van der Waals surface area contributed by atoms with Crippen molar-refractivity contribution >= 4 is 46.9 Å². The predicted octanol–water partition coefficient (Wildman–Crippen LogP) is 2.66. The average Bonchev–Trinajstić information content (AvgIpc) is 3.50. The van der Waals surface area contributed by atoms with Crippen LogP contribution in [0.1, 0.15) is 42.6 Å². The van der Waals surface area contributed by atoms with Crippen molar-refractivity contribution < 1.29 is 9.59 Å². The van der Waals surface area contributed by atoms with Gasteiger partial charge in [0.25, 0.3) is 11.7 Å². The standard InChI is InChI=1S/C22H29N9O2S/c1-4-23-19-26-20(24-5-2)31-21(27-19)28-29-22(31)34-13-17(32)25-16-10-8-9-15(14(16)3)18(33)30-11-6-7-12-30/h8-10H,4-7,11-13H2,1-3H3,(H,25,32)(H2,23,24,26,27,28). The molecule has 0 aliphatic carbocycles. The third kappa shape index (κ3) is 5.06. The fourth-order valence-corrected chi connectivity index (χ4v) is 4.54. The molecule has 3 N–H and O–H groups in total. The Bertz CT molecular complexity index is 1190. The predicted molar refractivity (Wildman–Crippen MR) is 133 cm³/mol. The van der Waals surface area contributed by atoms with Crippen LogP contribution in [0.15, 0.2) is 23.4 Å². The number of nitrogens with zero attached hydrogens (tertiary/aromatic N) is 6. The quantitative estimate of drug-likeness (QED) is 0.393. The molecule has 0 atom stereocenters. The fraction of sp³-hybridized carbons (Fsp3) is 0.455. The van der Waals surface area contributed by atoms with Gasteiger partial charge in [0.05, 0.1) is 5.75 Å². The van der Waals surface area contributed by atoms with Crippen LogP contribution in [0, 0.1) is 6.92 Å². The van der Waals surface area contributed by atoms with E-state index in [0.717, 1.165) is 31.5 Å². The Morgan fingerprint density at radius 1 is 1.06 bits per heavy atom. The lowest BCUT2D eigenvalue weighted by molar-refractivity contribution is -0.113. The van der Waals surface area contributed by atoms with Crippen molar-refractivity contribution in [2.45, 2.75) is 38.8 Å². The summed E-state index contributed by atoms with van der Waals surface area (Å²) < 4.78 is 1.70. The van der Waals surface area contributed by atoms with Crippen LogP contribution in [-0.4, -0.2) is 73.2 Å². The molecule has 34 heavy (non-hydrogen) atoms. The SMILES string of the molecule is CCNc1nc(NCC)n2c(SCC(=O)Nc3cccc(C(=O)N4CCCC4)c3C)nnc2n1. The van der Waals surface area contributed by atoms with E-state index in [1.165, 1.54) is 11.8 Å². The summed E-state index contributed by atoms with van der Waals surface area (Å²) in [6.07, 6.45) is 2.07. The lowest BCUT2D eigenvalue weighted by Crippen LogP contribution is -2.28. The van der Waals surface area contributed by atoms with Crippen LogP contribution >= 0.6 is 11.8 Å². The fourth-order valence-electron chi connectivity index (χ4n) is 3.81. The maximum Gasteiger partial charge on any atom is 0.261 e. The topological polar surface area (TPSA) is 129 Å².